The molecule has 1 fully saturated rings. The number of pyridine rings is 1. The molecule has 0 spiro atoms. The maximum absolute atomic E-state index is 11.4. The summed E-state index contributed by atoms with van der Waals surface area (Å²) in [5.74, 6) is -1.63. The molecule has 1 aliphatic heterocycles. The van der Waals surface area contributed by atoms with Gasteiger partial charge in [0.2, 0.25) is 0 Å². The van der Waals surface area contributed by atoms with Crippen LogP contribution in [0.1, 0.15) is 39.0 Å². The van der Waals surface area contributed by atoms with E-state index in [4.69, 9.17) is 0 Å². The summed E-state index contributed by atoms with van der Waals surface area (Å²) in [4.78, 5) is 29.1. The van der Waals surface area contributed by atoms with Gasteiger partial charge in [-0.1, -0.05) is 0 Å². The molecule has 3 rings (SSSR count). The molecular formula is C14H15N3O4. The number of rotatable bonds is 3. The Labute approximate surface area is 120 Å². The number of carboxylic acids is 2. The average molecular weight is 289 g/mol. The highest BCUT2D eigenvalue weighted by Crippen LogP contribution is 2.29. The molecule has 2 N–H and O–H groups in total. The molecule has 0 aliphatic carbocycles. The highest BCUT2D eigenvalue weighted by molar-refractivity contribution is 6.03. The van der Waals surface area contributed by atoms with Gasteiger partial charge in [0.1, 0.15) is 5.82 Å². The lowest BCUT2D eigenvalue weighted by Gasteiger charge is -2.09. The Balaban J connectivity index is 2.25. The van der Waals surface area contributed by atoms with E-state index in [1.54, 1.807) is 16.7 Å². The molecule has 1 saturated heterocycles. The van der Waals surface area contributed by atoms with Gasteiger partial charge in [0.15, 0.2) is 5.69 Å². The SMILES string of the molecule is CN1CCC(c2nc(C(=O)O)c3c(C(=O)O)cccn23)C1. The molecule has 0 saturated carbocycles. The quantitative estimate of drug-likeness (QED) is 0.880. The lowest BCUT2D eigenvalue weighted by Crippen LogP contribution is -2.14. The van der Waals surface area contributed by atoms with E-state index in [0.29, 0.717) is 5.82 Å². The zero-order valence-corrected chi connectivity index (χ0v) is 11.5. The Morgan fingerprint density at radius 3 is 2.67 bits per heavy atom. The van der Waals surface area contributed by atoms with E-state index in [1.807, 2.05) is 7.05 Å². The van der Waals surface area contributed by atoms with E-state index >= 15 is 0 Å². The first-order valence-corrected chi connectivity index (χ1v) is 6.65. The molecule has 0 bridgehead atoms. The minimum Gasteiger partial charge on any atom is -0.478 e. The summed E-state index contributed by atoms with van der Waals surface area (Å²) in [7, 11) is 2.00. The maximum Gasteiger partial charge on any atom is 0.356 e. The van der Waals surface area contributed by atoms with E-state index in [9.17, 15) is 19.8 Å². The second-order valence-corrected chi connectivity index (χ2v) is 5.32. The fraction of sp³-hybridized carbons (Fsp3) is 0.357. The van der Waals surface area contributed by atoms with E-state index in [0.717, 1.165) is 19.5 Å². The third-order valence-corrected chi connectivity index (χ3v) is 3.88. The van der Waals surface area contributed by atoms with Crippen molar-refractivity contribution in [2.75, 3.05) is 20.1 Å². The summed E-state index contributed by atoms with van der Waals surface area (Å²) in [6, 6.07) is 3.00. The van der Waals surface area contributed by atoms with Gasteiger partial charge in [0.05, 0.1) is 11.1 Å². The van der Waals surface area contributed by atoms with Gasteiger partial charge in [-0.3, -0.25) is 0 Å². The monoisotopic (exact) mass is 289 g/mol. The second kappa shape index (κ2) is 4.85. The van der Waals surface area contributed by atoms with Gasteiger partial charge in [-0.25, -0.2) is 14.6 Å². The van der Waals surface area contributed by atoms with Gasteiger partial charge in [-0.15, -0.1) is 0 Å². The van der Waals surface area contributed by atoms with Crippen molar-refractivity contribution in [2.45, 2.75) is 12.3 Å². The molecule has 3 heterocycles. The predicted octanol–water partition coefficient (Wildman–Crippen LogP) is 1.15. The topological polar surface area (TPSA) is 95.1 Å². The van der Waals surface area contributed by atoms with Crippen LogP contribution in [0.5, 0.6) is 0 Å². The summed E-state index contributed by atoms with van der Waals surface area (Å²) < 4.78 is 1.61. The zero-order chi connectivity index (χ0) is 15.1. The second-order valence-electron chi connectivity index (χ2n) is 5.32. The first kappa shape index (κ1) is 13.6. The van der Waals surface area contributed by atoms with Crippen molar-refractivity contribution in [1.82, 2.24) is 14.3 Å². The van der Waals surface area contributed by atoms with E-state index in [1.165, 1.54) is 6.07 Å². The fourth-order valence-electron chi connectivity index (χ4n) is 2.92. The Kier molecular flexibility index (Phi) is 3.13. The molecule has 21 heavy (non-hydrogen) atoms. The normalized spacial score (nSPS) is 19.2. The molecule has 110 valence electrons. The zero-order valence-electron chi connectivity index (χ0n) is 11.5. The molecule has 2 aromatic heterocycles. The van der Waals surface area contributed by atoms with Gasteiger partial charge < -0.3 is 19.5 Å². The van der Waals surface area contributed by atoms with Gasteiger partial charge in [0.25, 0.3) is 0 Å². The number of imidazole rings is 1. The molecule has 7 nitrogen and oxygen atoms in total. The highest BCUT2D eigenvalue weighted by atomic mass is 16.4. The van der Waals surface area contributed by atoms with E-state index in [2.05, 4.69) is 9.88 Å². The Morgan fingerprint density at radius 2 is 2.10 bits per heavy atom. The van der Waals surface area contributed by atoms with Crippen LogP contribution in [-0.4, -0.2) is 56.6 Å². The molecule has 0 amide bonds. The number of fused-ring (bicyclic) bond motifs is 1. The molecule has 1 atom stereocenters. The Bertz CT molecular complexity index is 737. The van der Waals surface area contributed by atoms with Crippen LogP contribution in [0.25, 0.3) is 5.52 Å². The highest BCUT2D eigenvalue weighted by Gasteiger charge is 2.29. The summed E-state index contributed by atoms with van der Waals surface area (Å²) in [5.41, 5.74) is -0.0837. The molecule has 1 unspecified atom stereocenters. The number of nitrogens with zero attached hydrogens (tertiary/aromatic N) is 3. The molecule has 1 aliphatic rings. The van der Waals surface area contributed by atoms with Crippen LogP contribution >= 0.6 is 0 Å². The number of hydrogen-bond acceptors (Lipinski definition) is 4. The average Bonchev–Trinajstić information content (AvgIpc) is 3.01. The molecule has 0 aromatic carbocycles. The molecule has 7 heteroatoms. The smallest absolute Gasteiger partial charge is 0.356 e. The number of carboxylic acid groups (broad SMARTS) is 2. The van der Waals surface area contributed by atoms with Crippen molar-refractivity contribution in [3.63, 3.8) is 0 Å². The lowest BCUT2D eigenvalue weighted by molar-refractivity contribution is 0.0691. The summed E-state index contributed by atoms with van der Waals surface area (Å²) >= 11 is 0. The minimum atomic E-state index is -1.21. The number of aromatic nitrogens is 2. The van der Waals surface area contributed by atoms with E-state index < -0.39 is 11.9 Å². The van der Waals surface area contributed by atoms with Crippen LogP contribution in [-0.2, 0) is 0 Å². The van der Waals surface area contributed by atoms with Crippen LogP contribution in [0.2, 0.25) is 0 Å². The molecule has 0 radical (unpaired) electrons. The van der Waals surface area contributed by atoms with Crippen molar-refractivity contribution < 1.29 is 19.8 Å². The third-order valence-electron chi connectivity index (χ3n) is 3.88. The van der Waals surface area contributed by atoms with Crippen LogP contribution in [0, 0.1) is 0 Å². The standard InChI is InChI=1S/C14H15N3O4/c1-16-6-4-8(7-16)12-15-10(14(20)21)11-9(13(18)19)3-2-5-17(11)12/h2-3,5,8H,4,6-7H2,1H3,(H,18,19)(H,20,21). The number of likely N-dealkylation sites (tertiary alicyclic amines) is 1. The summed E-state index contributed by atoms with van der Waals surface area (Å²) in [5, 5.41) is 18.6. The number of carbonyl (C=O) groups is 2. The van der Waals surface area contributed by atoms with Crippen LogP contribution in [0.3, 0.4) is 0 Å². The van der Waals surface area contributed by atoms with Crippen molar-refractivity contribution in [1.29, 1.82) is 0 Å². The fourth-order valence-corrected chi connectivity index (χ4v) is 2.92. The largest absolute Gasteiger partial charge is 0.478 e. The number of likely N-dealkylation sites (N-methyl/N-ethyl adjacent to an activating group) is 1. The van der Waals surface area contributed by atoms with Crippen LogP contribution in [0.15, 0.2) is 18.3 Å². The first-order valence-electron chi connectivity index (χ1n) is 6.65. The predicted molar refractivity (Wildman–Crippen MR) is 74.0 cm³/mol. The summed E-state index contributed by atoms with van der Waals surface area (Å²) in [6.07, 6.45) is 2.56. The van der Waals surface area contributed by atoms with E-state index in [-0.39, 0.29) is 22.7 Å². The van der Waals surface area contributed by atoms with Gasteiger partial charge >= 0.3 is 11.9 Å². The van der Waals surface area contributed by atoms with Crippen molar-refractivity contribution >= 4 is 17.5 Å². The van der Waals surface area contributed by atoms with Crippen molar-refractivity contribution in [3.8, 4) is 0 Å². The third kappa shape index (κ3) is 2.15. The molecular weight excluding hydrogens is 274 g/mol. The van der Waals surface area contributed by atoms with Crippen molar-refractivity contribution in [2.24, 2.45) is 0 Å². The Hall–Kier alpha value is -2.41. The maximum atomic E-state index is 11.4. The van der Waals surface area contributed by atoms with Gasteiger partial charge in [0, 0.05) is 18.7 Å². The summed E-state index contributed by atoms with van der Waals surface area (Å²) in [6.45, 7) is 1.70. The number of hydrogen-bond donors (Lipinski definition) is 2. The van der Waals surface area contributed by atoms with Crippen LogP contribution < -0.4 is 0 Å². The van der Waals surface area contributed by atoms with Crippen molar-refractivity contribution in [3.05, 3.63) is 35.4 Å². The minimum absolute atomic E-state index is 0.0417. The number of aromatic carboxylic acids is 2. The van der Waals surface area contributed by atoms with Gasteiger partial charge in [-0.05, 0) is 32.1 Å². The van der Waals surface area contributed by atoms with Gasteiger partial charge in [-0.2, -0.15) is 0 Å². The van der Waals surface area contributed by atoms with Crippen LogP contribution in [0.4, 0.5) is 0 Å². The lowest BCUT2D eigenvalue weighted by atomic mass is 10.1. The molecule has 2 aromatic rings. The first-order chi connectivity index (χ1) is 9.99. The Morgan fingerprint density at radius 1 is 1.33 bits per heavy atom.